The fraction of sp³-hybridized carbons (Fsp3) is 0.267. The first kappa shape index (κ1) is 12.3. The normalized spacial score (nSPS) is 22.1. The van der Waals surface area contributed by atoms with E-state index >= 15 is 0 Å². The molecule has 4 N–H and O–H groups in total. The van der Waals surface area contributed by atoms with E-state index in [4.69, 9.17) is 11.5 Å². The van der Waals surface area contributed by atoms with E-state index in [-0.39, 0.29) is 17.9 Å². The number of aromatic nitrogens is 1. The number of pyridine rings is 1. The molecule has 0 fully saturated rings. The van der Waals surface area contributed by atoms with Crippen molar-refractivity contribution < 1.29 is 4.39 Å². The molecule has 0 saturated heterocycles. The first-order chi connectivity index (χ1) is 9.18. The fourth-order valence-corrected chi connectivity index (χ4v) is 2.77. The van der Waals surface area contributed by atoms with Gasteiger partial charge in [-0.25, -0.2) is 4.39 Å². The third kappa shape index (κ3) is 2.03. The number of hydrogen-bond donors (Lipinski definition) is 2. The summed E-state index contributed by atoms with van der Waals surface area (Å²) in [5.41, 5.74) is 15.8. The lowest BCUT2D eigenvalue weighted by Crippen LogP contribution is -2.38. The summed E-state index contributed by atoms with van der Waals surface area (Å²) < 4.78 is 13.9. The van der Waals surface area contributed by atoms with Gasteiger partial charge in [0.05, 0.1) is 6.20 Å². The average Bonchev–Trinajstić information content (AvgIpc) is 2.43. The number of aryl methyl sites for hydroxylation is 1. The third-order valence-corrected chi connectivity index (χ3v) is 3.80. The van der Waals surface area contributed by atoms with E-state index in [0.29, 0.717) is 5.56 Å². The van der Waals surface area contributed by atoms with Crippen molar-refractivity contribution in [3.05, 3.63) is 53.6 Å². The summed E-state index contributed by atoms with van der Waals surface area (Å²) in [5.74, 6) is -0.331. The monoisotopic (exact) mass is 257 g/mol. The van der Waals surface area contributed by atoms with Gasteiger partial charge in [-0.3, -0.25) is 4.98 Å². The molecule has 1 heterocycles. The highest BCUT2D eigenvalue weighted by molar-refractivity contribution is 5.70. The minimum Gasteiger partial charge on any atom is -0.326 e. The molecule has 0 bridgehead atoms. The summed E-state index contributed by atoms with van der Waals surface area (Å²) in [6, 6.07) is 7.25. The molecule has 0 radical (unpaired) electrons. The maximum atomic E-state index is 13.9. The number of halogens is 1. The lowest BCUT2D eigenvalue weighted by molar-refractivity contribution is 0.482. The molecule has 2 atom stereocenters. The van der Waals surface area contributed by atoms with Crippen molar-refractivity contribution in [2.75, 3.05) is 0 Å². The first-order valence-corrected chi connectivity index (χ1v) is 6.41. The SMILES string of the molecule is NC1c2c(cccc2-c2ccncc2F)CC[C@H]1N. The van der Waals surface area contributed by atoms with Crippen molar-refractivity contribution in [2.45, 2.75) is 24.9 Å². The maximum Gasteiger partial charge on any atom is 0.149 e. The van der Waals surface area contributed by atoms with E-state index in [1.807, 2.05) is 18.2 Å². The Kier molecular flexibility index (Phi) is 3.05. The Morgan fingerprint density at radius 1 is 1.16 bits per heavy atom. The number of hydrogen-bond acceptors (Lipinski definition) is 3. The molecular formula is C15H16FN3. The fourth-order valence-electron chi connectivity index (χ4n) is 2.77. The van der Waals surface area contributed by atoms with E-state index in [9.17, 15) is 4.39 Å². The minimum atomic E-state index is -0.331. The molecule has 1 aromatic carbocycles. The van der Waals surface area contributed by atoms with Crippen LogP contribution in [0.15, 0.2) is 36.7 Å². The summed E-state index contributed by atoms with van der Waals surface area (Å²) in [5, 5.41) is 0. The summed E-state index contributed by atoms with van der Waals surface area (Å²) in [6.07, 6.45) is 4.58. The van der Waals surface area contributed by atoms with Crippen LogP contribution in [0.3, 0.4) is 0 Å². The summed E-state index contributed by atoms with van der Waals surface area (Å²) in [7, 11) is 0. The van der Waals surface area contributed by atoms with E-state index in [1.54, 1.807) is 12.3 Å². The second-order valence-corrected chi connectivity index (χ2v) is 4.96. The number of nitrogens with two attached hydrogens (primary N) is 2. The van der Waals surface area contributed by atoms with E-state index < -0.39 is 0 Å². The lowest BCUT2D eigenvalue weighted by Gasteiger charge is -2.30. The molecule has 3 rings (SSSR count). The Balaban J connectivity index is 2.21. The molecule has 1 aliphatic rings. The van der Waals surface area contributed by atoms with E-state index in [1.165, 1.54) is 11.8 Å². The van der Waals surface area contributed by atoms with Gasteiger partial charge in [0.1, 0.15) is 5.82 Å². The molecular weight excluding hydrogens is 241 g/mol. The predicted molar refractivity (Wildman–Crippen MR) is 72.9 cm³/mol. The molecule has 98 valence electrons. The highest BCUT2D eigenvalue weighted by Crippen LogP contribution is 2.36. The van der Waals surface area contributed by atoms with Crippen LogP contribution < -0.4 is 11.5 Å². The van der Waals surface area contributed by atoms with Gasteiger partial charge in [-0.15, -0.1) is 0 Å². The van der Waals surface area contributed by atoms with Crippen LogP contribution >= 0.6 is 0 Å². The Morgan fingerprint density at radius 2 is 2.00 bits per heavy atom. The molecule has 0 aliphatic heterocycles. The van der Waals surface area contributed by atoms with E-state index in [2.05, 4.69) is 4.98 Å². The Hall–Kier alpha value is -1.78. The molecule has 1 unspecified atom stereocenters. The zero-order valence-electron chi connectivity index (χ0n) is 10.5. The second-order valence-electron chi connectivity index (χ2n) is 4.96. The number of benzene rings is 1. The van der Waals surface area contributed by atoms with Gasteiger partial charge < -0.3 is 11.5 Å². The summed E-state index contributed by atoms with van der Waals surface area (Å²) in [4.78, 5) is 3.79. The van der Waals surface area contributed by atoms with Crippen molar-refractivity contribution in [3.8, 4) is 11.1 Å². The van der Waals surface area contributed by atoms with Crippen LogP contribution in [0.5, 0.6) is 0 Å². The van der Waals surface area contributed by atoms with Crippen molar-refractivity contribution in [1.29, 1.82) is 0 Å². The molecule has 3 nitrogen and oxygen atoms in total. The van der Waals surface area contributed by atoms with Gasteiger partial charge in [0.25, 0.3) is 0 Å². The largest absolute Gasteiger partial charge is 0.326 e. The molecule has 1 aliphatic carbocycles. The van der Waals surface area contributed by atoms with Crippen LogP contribution in [0, 0.1) is 5.82 Å². The lowest BCUT2D eigenvalue weighted by atomic mass is 9.81. The number of fused-ring (bicyclic) bond motifs is 1. The predicted octanol–water partition coefficient (Wildman–Crippen LogP) is 2.16. The summed E-state index contributed by atoms with van der Waals surface area (Å²) in [6.45, 7) is 0. The molecule has 1 aromatic heterocycles. The van der Waals surface area contributed by atoms with Gasteiger partial charge in [0, 0.05) is 23.8 Å². The Morgan fingerprint density at radius 3 is 2.79 bits per heavy atom. The van der Waals surface area contributed by atoms with Crippen molar-refractivity contribution >= 4 is 0 Å². The first-order valence-electron chi connectivity index (χ1n) is 6.41. The van der Waals surface area contributed by atoms with Gasteiger partial charge >= 0.3 is 0 Å². The van der Waals surface area contributed by atoms with Gasteiger partial charge in [-0.05, 0) is 35.6 Å². The van der Waals surface area contributed by atoms with Crippen molar-refractivity contribution in [1.82, 2.24) is 4.98 Å². The van der Waals surface area contributed by atoms with Crippen LogP contribution in [0.4, 0.5) is 4.39 Å². The summed E-state index contributed by atoms with van der Waals surface area (Å²) >= 11 is 0. The Labute approximate surface area is 111 Å². The van der Waals surface area contributed by atoms with Gasteiger partial charge in [-0.1, -0.05) is 18.2 Å². The molecule has 0 amide bonds. The maximum absolute atomic E-state index is 13.9. The van der Waals surface area contributed by atoms with Gasteiger partial charge in [0.15, 0.2) is 0 Å². The molecule has 0 saturated carbocycles. The number of rotatable bonds is 1. The van der Waals surface area contributed by atoms with Crippen molar-refractivity contribution in [2.24, 2.45) is 11.5 Å². The molecule has 19 heavy (non-hydrogen) atoms. The van der Waals surface area contributed by atoms with Gasteiger partial charge in [0.2, 0.25) is 0 Å². The third-order valence-electron chi connectivity index (χ3n) is 3.80. The van der Waals surface area contributed by atoms with Crippen LogP contribution in [0.2, 0.25) is 0 Å². The average molecular weight is 257 g/mol. The molecule has 2 aromatic rings. The smallest absolute Gasteiger partial charge is 0.149 e. The van der Waals surface area contributed by atoms with Crippen LogP contribution in [-0.4, -0.2) is 11.0 Å². The van der Waals surface area contributed by atoms with Crippen LogP contribution in [0.25, 0.3) is 11.1 Å². The second kappa shape index (κ2) is 4.72. The zero-order chi connectivity index (χ0) is 13.4. The minimum absolute atomic E-state index is 0.0708. The zero-order valence-corrected chi connectivity index (χ0v) is 10.5. The molecule has 0 spiro atoms. The van der Waals surface area contributed by atoms with Crippen LogP contribution in [-0.2, 0) is 6.42 Å². The molecule has 4 heteroatoms. The standard InChI is InChI=1S/C15H16FN3/c16-12-8-19-7-6-10(12)11-3-1-2-9-4-5-13(17)15(18)14(9)11/h1-3,6-8,13,15H,4-5,17-18H2/t13-,15?/m1/s1. The topological polar surface area (TPSA) is 64.9 Å². The highest BCUT2D eigenvalue weighted by atomic mass is 19.1. The highest BCUT2D eigenvalue weighted by Gasteiger charge is 2.27. The van der Waals surface area contributed by atoms with Gasteiger partial charge in [-0.2, -0.15) is 0 Å². The Bertz CT molecular complexity index is 612. The van der Waals surface area contributed by atoms with Crippen LogP contribution in [0.1, 0.15) is 23.6 Å². The van der Waals surface area contributed by atoms with E-state index in [0.717, 1.165) is 24.0 Å². The van der Waals surface area contributed by atoms with Crippen molar-refractivity contribution in [3.63, 3.8) is 0 Å². The quantitative estimate of drug-likeness (QED) is 0.822. The number of nitrogens with zero attached hydrogens (tertiary/aromatic N) is 1.